The van der Waals surface area contributed by atoms with Crippen LogP contribution in [0.5, 0.6) is 0 Å². The molecule has 0 N–H and O–H groups in total. The molecular weight excluding hydrogens is 266 g/mol. The molecule has 0 aliphatic carbocycles. The van der Waals surface area contributed by atoms with Gasteiger partial charge in [0.05, 0.1) is 0 Å². The summed E-state index contributed by atoms with van der Waals surface area (Å²) in [5.74, 6) is 1.62. The minimum absolute atomic E-state index is 0.0274. The van der Waals surface area contributed by atoms with Crippen LogP contribution in [0, 0.1) is 0 Å². The van der Waals surface area contributed by atoms with E-state index in [-0.39, 0.29) is 17.2 Å². The van der Waals surface area contributed by atoms with E-state index < -0.39 is 0 Å². The van der Waals surface area contributed by atoms with Gasteiger partial charge in [-0.3, -0.25) is 4.79 Å². The molecule has 2 nitrogen and oxygen atoms in total. The number of halogens is 1. The summed E-state index contributed by atoms with van der Waals surface area (Å²) >= 11 is 7.46. The van der Waals surface area contributed by atoms with E-state index in [2.05, 4.69) is 38.1 Å². The average Bonchev–Trinajstić information content (AvgIpc) is 2.87. The zero-order chi connectivity index (χ0) is 13.1. The second-order valence-corrected chi connectivity index (χ2v) is 6.22. The monoisotopic (exact) mass is 283 g/mol. The third-order valence-corrected chi connectivity index (χ3v) is 4.70. The lowest BCUT2D eigenvalue weighted by Gasteiger charge is -2.23. The second-order valence-electron chi connectivity index (χ2n) is 4.77. The van der Waals surface area contributed by atoms with E-state index >= 15 is 0 Å². The summed E-state index contributed by atoms with van der Waals surface area (Å²) in [7, 11) is 0. The van der Waals surface area contributed by atoms with Gasteiger partial charge in [0.1, 0.15) is 11.3 Å². The Morgan fingerprint density at radius 1 is 1.44 bits per heavy atom. The molecule has 1 atom stereocenters. The standard InChI is InChI=1S/C14H18ClNOS/c1-10(2)11-3-5-12(6-4-11)14-16(7-8-18-14)13(17)9-15/h3-6,10,14H,7-9H2,1-2H3/t14-/m0/s1. The normalized spacial score (nSPS) is 19.6. The minimum atomic E-state index is 0.0274. The van der Waals surface area contributed by atoms with Gasteiger partial charge in [-0.05, 0) is 17.0 Å². The predicted molar refractivity (Wildman–Crippen MR) is 78.2 cm³/mol. The van der Waals surface area contributed by atoms with Crippen molar-refractivity contribution in [2.45, 2.75) is 25.1 Å². The number of nitrogens with zero attached hydrogens (tertiary/aromatic N) is 1. The van der Waals surface area contributed by atoms with Crippen molar-refractivity contribution in [3.63, 3.8) is 0 Å². The van der Waals surface area contributed by atoms with E-state index in [1.807, 2.05) is 16.7 Å². The highest BCUT2D eigenvalue weighted by Crippen LogP contribution is 2.38. The van der Waals surface area contributed by atoms with Crippen LogP contribution in [-0.4, -0.2) is 29.0 Å². The molecule has 0 unspecified atom stereocenters. The van der Waals surface area contributed by atoms with Crippen molar-refractivity contribution >= 4 is 29.3 Å². The van der Waals surface area contributed by atoms with Gasteiger partial charge in [-0.25, -0.2) is 0 Å². The molecule has 0 saturated carbocycles. The number of benzene rings is 1. The number of thioether (sulfide) groups is 1. The Labute approximate surface area is 118 Å². The maximum atomic E-state index is 11.8. The maximum Gasteiger partial charge on any atom is 0.238 e. The summed E-state index contributed by atoms with van der Waals surface area (Å²) in [5, 5.41) is 0.137. The van der Waals surface area contributed by atoms with Gasteiger partial charge in [-0.1, -0.05) is 38.1 Å². The Kier molecular flexibility index (Phi) is 4.57. The van der Waals surface area contributed by atoms with Crippen LogP contribution in [0.25, 0.3) is 0 Å². The van der Waals surface area contributed by atoms with Crippen LogP contribution in [0.3, 0.4) is 0 Å². The lowest BCUT2D eigenvalue weighted by atomic mass is 10.0. The average molecular weight is 284 g/mol. The molecule has 98 valence electrons. The first-order valence-corrected chi connectivity index (χ1v) is 7.78. The summed E-state index contributed by atoms with van der Waals surface area (Å²) in [5.41, 5.74) is 2.53. The number of carbonyl (C=O) groups excluding carboxylic acids is 1. The van der Waals surface area contributed by atoms with Crippen molar-refractivity contribution in [3.05, 3.63) is 35.4 Å². The van der Waals surface area contributed by atoms with Gasteiger partial charge in [-0.15, -0.1) is 23.4 Å². The Bertz CT molecular complexity index is 418. The van der Waals surface area contributed by atoms with Crippen LogP contribution in [-0.2, 0) is 4.79 Å². The highest BCUT2D eigenvalue weighted by Gasteiger charge is 2.29. The first kappa shape index (κ1) is 13.8. The fourth-order valence-corrected chi connectivity index (χ4v) is 3.56. The van der Waals surface area contributed by atoms with E-state index in [0.717, 1.165) is 12.3 Å². The first-order chi connectivity index (χ1) is 8.63. The third kappa shape index (κ3) is 2.83. The van der Waals surface area contributed by atoms with Crippen LogP contribution < -0.4 is 0 Å². The zero-order valence-electron chi connectivity index (χ0n) is 10.7. The second kappa shape index (κ2) is 5.98. The Hall–Kier alpha value is -0.670. The fraction of sp³-hybridized carbons (Fsp3) is 0.500. The summed E-state index contributed by atoms with van der Waals surface area (Å²) in [6.07, 6.45) is 0. The van der Waals surface area contributed by atoms with E-state index in [9.17, 15) is 4.79 Å². The van der Waals surface area contributed by atoms with Crippen LogP contribution in [0.2, 0.25) is 0 Å². The number of carbonyl (C=O) groups is 1. The molecule has 0 radical (unpaired) electrons. The van der Waals surface area contributed by atoms with Crippen LogP contribution in [0.1, 0.15) is 36.3 Å². The van der Waals surface area contributed by atoms with Crippen LogP contribution in [0.4, 0.5) is 0 Å². The van der Waals surface area contributed by atoms with E-state index in [4.69, 9.17) is 11.6 Å². The van der Waals surface area contributed by atoms with Crippen molar-refractivity contribution < 1.29 is 4.79 Å². The van der Waals surface area contributed by atoms with E-state index in [0.29, 0.717) is 5.92 Å². The van der Waals surface area contributed by atoms with Crippen molar-refractivity contribution in [1.82, 2.24) is 4.90 Å². The molecule has 1 fully saturated rings. The minimum Gasteiger partial charge on any atom is -0.325 e. The van der Waals surface area contributed by atoms with Crippen LogP contribution >= 0.6 is 23.4 Å². The first-order valence-electron chi connectivity index (χ1n) is 6.20. The van der Waals surface area contributed by atoms with Gasteiger partial charge in [0.15, 0.2) is 0 Å². The number of hydrogen-bond acceptors (Lipinski definition) is 2. The smallest absolute Gasteiger partial charge is 0.238 e. The van der Waals surface area contributed by atoms with Crippen molar-refractivity contribution in [2.24, 2.45) is 0 Å². The zero-order valence-corrected chi connectivity index (χ0v) is 12.3. The molecule has 1 aliphatic heterocycles. The fourth-order valence-electron chi connectivity index (χ4n) is 2.12. The quantitative estimate of drug-likeness (QED) is 0.790. The van der Waals surface area contributed by atoms with Gasteiger partial charge in [-0.2, -0.15) is 0 Å². The van der Waals surface area contributed by atoms with Gasteiger partial charge >= 0.3 is 0 Å². The van der Waals surface area contributed by atoms with Crippen LogP contribution in [0.15, 0.2) is 24.3 Å². The highest BCUT2D eigenvalue weighted by atomic mass is 35.5. The summed E-state index contributed by atoms with van der Waals surface area (Å²) in [6.45, 7) is 5.16. The number of amides is 1. The summed E-state index contributed by atoms with van der Waals surface area (Å²) in [4.78, 5) is 13.6. The SMILES string of the molecule is CC(C)c1ccc([C@@H]2SCCN2C(=O)CCl)cc1. The highest BCUT2D eigenvalue weighted by molar-refractivity contribution is 7.99. The molecule has 0 spiro atoms. The number of hydrogen-bond donors (Lipinski definition) is 0. The molecule has 4 heteroatoms. The molecule has 1 saturated heterocycles. The third-order valence-electron chi connectivity index (χ3n) is 3.21. The van der Waals surface area contributed by atoms with Gasteiger partial charge < -0.3 is 4.90 Å². The lowest BCUT2D eigenvalue weighted by Crippen LogP contribution is -2.31. The Morgan fingerprint density at radius 3 is 2.67 bits per heavy atom. The molecule has 1 heterocycles. The van der Waals surface area contributed by atoms with Crippen molar-refractivity contribution in [3.8, 4) is 0 Å². The summed E-state index contributed by atoms with van der Waals surface area (Å²) in [6, 6.07) is 8.57. The number of rotatable bonds is 3. The lowest BCUT2D eigenvalue weighted by molar-refractivity contribution is -0.128. The molecule has 18 heavy (non-hydrogen) atoms. The van der Waals surface area contributed by atoms with Gasteiger partial charge in [0.25, 0.3) is 0 Å². The van der Waals surface area contributed by atoms with Gasteiger partial charge in [0, 0.05) is 12.3 Å². The van der Waals surface area contributed by atoms with E-state index in [1.165, 1.54) is 11.1 Å². The molecule has 1 amide bonds. The maximum absolute atomic E-state index is 11.8. The van der Waals surface area contributed by atoms with Crippen molar-refractivity contribution in [1.29, 1.82) is 0 Å². The van der Waals surface area contributed by atoms with Crippen molar-refractivity contribution in [2.75, 3.05) is 18.2 Å². The summed E-state index contributed by atoms with van der Waals surface area (Å²) < 4.78 is 0. The predicted octanol–water partition coefficient (Wildman–Crippen LogP) is 3.62. The molecule has 2 rings (SSSR count). The molecule has 1 aromatic rings. The topological polar surface area (TPSA) is 20.3 Å². The Morgan fingerprint density at radius 2 is 2.11 bits per heavy atom. The molecule has 0 bridgehead atoms. The molecular formula is C14H18ClNOS. The molecule has 1 aromatic carbocycles. The van der Waals surface area contributed by atoms with E-state index in [1.54, 1.807) is 0 Å². The molecule has 0 aromatic heterocycles. The number of alkyl halides is 1. The van der Waals surface area contributed by atoms with Gasteiger partial charge in [0.2, 0.25) is 5.91 Å². The Balaban J connectivity index is 2.17. The largest absolute Gasteiger partial charge is 0.325 e. The molecule has 1 aliphatic rings.